The van der Waals surface area contributed by atoms with E-state index in [4.69, 9.17) is 14.6 Å². The van der Waals surface area contributed by atoms with Crippen molar-refractivity contribution in [2.24, 2.45) is 0 Å². The second kappa shape index (κ2) is 4.74. The summed E-state index contributed by atoms with van der Waals surface area (Å²) in [5, 5.41) is 8.56. The lowest BCUT2D eigenvalue weighted by Crippen LogP contribution is -2.20. The Kier molecular flexibility index (Phi) is 3.90. The summed E-state index contributed by atoms with van der Waals surface area (Å²) in [5.41, 5.74) is -0.0826. The molecule has 0 saturated carbocycles. The molecule has 0 spiro atoms. The smallest absolute Gasteiger partial charge is 0.121 e. The summed E-state index contributed by atoms with van der Waals surface area (Å²) in [4.78, 5) is 0. The van der Waals surface area contributed by atoms with E-state index in [2.05, 4.69) is 13.0 Å². The lowest BCUT2D eigenvalue weighted by Gasteiger charge is -2.07. The predicted molar refractivity (Wildman–Crippen MR) is 50.6 cm³/mol. The van der Waals surface area contributed by atoms with E-state index in [9.17, 15) is 0 Å². The summed E-state index contributed by atoms with van der Waals surface area (Å²) in [6.07, 6.45) is 5.93. The summed E-state index contributed by atoms with van der Waals surface area (Å²) in [5.74, 6) is 0. The van der Waals surface area contributed by atoms with Crippen LogP contribution in [-0.2, 0) is 9.47 Å². The van der Waals surface area contributed by atoms with Crippen molar-refractivity contribution < 1.29 is 14.6 Å². The molecule has 76 valence electrons. The van der Waals surface area contributed by atoms with Crippen LogP contribution < -0.4 is 0 Å². The van der Waals surface area contributed by atoms with Crippen LogP contribution in [-0.4, -0.2) is 37.1 Å². The minimum atomic E-state index is -0.0826. The molecular formula is C10H18O3. The van der Waals surface area contributed by atoms with Crippen LogP contribution in [0.3, 0.4) is 0 Å². The molecule has 1 aliphatic rings. The van der Waals surface area contributed by atoms with Crippen molar-refractivity contribution in [1.29, 1.82) is 0 Å². The molecule has 13 heavy (non-hydrogen) atoms. The Balaban J connectivity index is 2.25. The van der Waals surface area contributed by atoms with Crippen molar-refractivity contribution in [3.8, 4) is 0 Å². The molecule has 3 heteroatoms. The molecule has 3 nitrogen and oxygen atoms in total. The summed E-state index contributed by atoms with van der Waals surface area (Å²) in [6.45, 7) is 2.92. The van der Waals surface area contributed by atoms with Crippen LogP contribution in [0.5, 0.6) is 0 Å². The fraction of sp³-hybridized carbons (Fsp3) is 0.800. The molecule has 0 aromatic heterocycles. The normalized spacial score (nSPS) is 32.7. The van der Waals surface area contributed by atoms with Crippen LogP contribution in [0.2, 0.25) is 0 Å². The van der Waals surface area contributed by atoms with Gasteiger partial charge in [0.1, 0.15) is 5.60 Å². The van der Waals surface area contributed by atoms with Gasteiger partial charge < -0.3 is 14.6 Å². The first-order valence-electron chi connectivity index (χ1n) is 4.68. The third-order valence-electron chi connectivity index (χ3n) is 2.41. The molecule has 0 radical (unpaired) electrons. The van der Waals surface area contributed by atoms with Crippen LogP contribution in [0, 0.1) is 0 Å². The van der Waals surface area contributed by atoms with E-state index in [0.29, 0.717) is 12.7 Å². The Morgan fingerprint density at radius 3 is 2.69 bits per heavy atom. The molecule has 0 aromatic carbocycles. The van der Waals surface area contributed by atoms with Gasteiger partial charge in [0.2, 0.25) is 0 Å². The third-order valence-corrected chi connectivity index (χ3v) is 2.41. The van der Waals surface area contributed by atoms with Crippen LogP contribution in [0.4, 0.5) is 0 Å². The number of rotatable bonds is 6. The van der Waals surface area contributed by atoms with E-state index in [-0.39, 0.29) is 12.2 Å². The van der Waals surface area contributed by atoms with Crippen LogP contribution in [0.1, 0.15) is 19.8 Å². The van der Waals surface area contributed by atoms with Crippen molar-refractivity contribution in [3.63, 3.8) is 0 Å². The summed E-state index contributed by atoms with van der Waals surface area (Å²) in [6, 6.07) is 0. The van der Waals surface area contributed by atoms with E-state index in [1.165, 1.54) is 0 Å². The maximum absolute atomic E-state index is 8.56. The number of hydrogen-bond donors (Lipinski definition) is 1. The Morgan fingerprint density at radius 2 is 2.23 bits per heavy atom. The van der Waals surface area contributed by atoms with Gasteiger partial charge in [0.15, 0.2) is 0 Å². The monoisotopic (exact) mass is 186 g/mol. The number of aliphatic hydroxyl groups is 1. The van der Waals surface area contributed by atoms with E-state index in [1.54, 1.807) is 7.11 Å². The van der Waals surface area contributed by atoms with E-state index in [0.717, 1.165) is 12.8 Å². The van der Waals surface area contributed by atoms with Gasteiger partial charge in [0.25, 0.3) is 0 Å². The zero-order valence-corrected chi connectivity index (χ0v) is 8.32. The van der Waals surface area contributed by atoms with Gasteiger partial charge in [-0.15, -0.1) is 0 Å². The molecule has 0 unspecified atom stereocenters. The quantitative estimate of drug-likeness (QED) is 0.499. The third kappa shape index (κ3) is 2.79. The largest absolute Gasteiger partial charge is 0.396 e. The van der Waals surface area contributed by atoms with Gasteiger partial charge in [-0.1, -0.05) is 12.2 Å². The SMILES string of the molecule is COC[C@@]1(C/C=C\CCO)O[C@@H]1C. The molecule has 0 aliphatic carbocycles. The average molecular weight is 186 g/mol. The van der Waals surface area contributed by atoms with Crippen molar-refractivity contribution >= 4 is 0 Å². The number of ether oxygens (including phenoxy) is 2. The zero-order chi connectivity index (χ0) is 9.73. The van der Waals surface area contributed by atoms with Gasteiger partial charge >= 0.3 is 0 Å². The van der Waals surface area contributed by atoms with Gasteiger partial charge in [-0.2, -0.15) is 0 Å². The topological polar surface area (TPSA) is 42.0 Å². The van der Waals surface area contributed by atoms with Crippen molar-refractivity contribution in [2.75, 3.05) is 20.3 Å². The number of aliphatic hydroxyl groups excluding tert-OH is 1. The van der Waals surface area contributed by atoms with Crippen molar-refractivity contribution in [1.82, 2.24) is 0 Å². The minimum absolute atomic E-state index is 0.0826. The highest BCUT2D eigenvalue weighted by Crippen LogP contribution is 2.39. The molecule has 0 amide bonds. The highest BCUT2D eigenvalue weighted by atomic mass is 16.6. The van der Waals surface area contributed by atoms with Crippen LogP contribution >= 0.6 is 0 Å². The van der Waals surface area contributed by atoms with Crippen molar-refractivity contribution in [2.45, 2.75) is 31.5 Å². The Hall–Kier alpha value is -0.380. The van der Waals surface area contributed by atoms with Gasteiger partial charge in [-0.3, -0.25) is 0 Å². The minimum Gasteiger partial charge on any atom is -0.396 e. The van der Waals surface area contributed by atoms with E-state index < -0.39 is 0 Å². The molecule has 1 rings (SSSR count). The average Bonchev–Trinajstić information content (AvgIpc) is 2.72. The highest BCUT2D eigenvalue weighted by molar-refractivity contribution is 5.05. The first-order valence-corrected chi connectivity index (χ1v) is 4.68. The molecule has 1 aliphatic heterocycles. The first-order chi connectivity index (χ1) is 6.25. The zero-order valence-electron chi connectivity index (χ0n) is 8.32. The standard InChI is InChI=1S/C10H18O3/c1-9-10(13-9,8-12-2)6-4-3-5-7-11/h3-4,9,11H,5-8H2,1-2H3/b4-3-/t9-,10-/m1/s1. The predicted octanol–water partition coefficient (Wildman–Crippen LogP) is 1.12. The second-order valence-corrected chi connectivity index (χ2v) is 3.45. The van der Waals surface area contributed by atoms with Crippen LogP contribution in [0.15, 0.2) is 12.2 Å². The molecule has 0 aromatic rings. The van der Waals surface area contributed by atoms with Gasteiger partial charge in [-0.05, 0) is 19.8 Å². The maximum Gasteiger partial charge on any atom is 0.121 e. The number of epoxide rings is 1. The summed E-state index contributed by atoms with van der Waals surface area (Å²) < 4.78 is 10.6. The maximum atomic E-state index is 8.56. The van der Waals surface area contributed by atoms with E-state index >= 15 is 0 Å². The lowest BCUT2D eigenvalue weighted by atomic mass is 10.0. The molecule has 1 heterocycles. The van der Waals surface area contributed by atoms with Gasteiger partial charge in [0, 0.05) is 13.7 Å². The summed E-state index contributed by atoms with van der Waals surface area (Å²) in [7, 11) is 1.69. The van der Waals surface area contributed by atoms with Gasteiger partial charge in [-0.25, -0.2) is 0 Å². The first kappa shape index (κ1) is 10.7. The lowest BCUT2D eigenvalue weighted by molar-refractivity contribution is 0.122. The van der Waals surface area contributed by atoms with E-state index in [1.807, 2.05) is 6.08 Å². The fourth-order valence-electron chi connectivity index (χ4n) is 1.46. The second-order valence-electron chi connectivity index (χ2n) is 3.45. The number of methoxy groups -OCH3 is 1. The van der Waals surface area contributed by atoms with Gasteiger partial charge in [0.05, 0.1) is 12.7 Å². The highest BCUT2D eigenvalue weighted by Gasteiger charge is 2.52. The fourth-order valence-corrected chi connectivity index (χ4v) is 1.46. The molecule has 2 atom stereocenters. The Morgan fingerprint density at radius 1 is 1.54 bits per heavy atom. The Labute approximate surface area is 79.3 Å². The Bertz CT molecular complexity index is 179. The van der Waals surface area contributed by atoms with Crippen molar-refractivity contribution in [3.05, 3.63) is 12.2 Å². The number of hydrogen-bond acceptors (Lipinski definition) is 3. The molecule has 1 saturated heterocycles. The summed E-state index contributed by atoms with van der Waals surface area (Å²) >= 11 is 0. The molecule has 1 fully saturated rings. The molecule has 1 N–H and O–H groups in total. The molecule has 0 bridgehead atoms. The van der Waals surface area contributed by atoms with Crippen LogP contribution in [0.25, 0.3) is 0 Å². The molecular weight excluding hydrogens is 168 g/mol.